The topological polar surface area (TPSA) is 55.6 Å². The molecule has 1 aromatic heterocycles. The lowest BCUT2D eigenvalue weighted by atomic mass is 10.1. The summed E-state index contributed by atoms with van der Waals surface area (Å²) in [6.45, 7) is 0.600. The first-order valence-corrected chi connectivity index (χ1v) is 6.71. The minimum atomic E-state index is -0.0530. The number of methoxy groups -OCH3 is 1. The molecule has 0 aliphatic carbocycles. The fourth-order valence-electron chi connectivity index (χ4n) is 1.80. The molecule has 0 fully saturated rings. The van der Waals surface area contributed by atoms with Gasteiger partial charge in [0.05, 0.1) is 19.3 Å². The van der Waals surface area contributed by atoms with Gasteiger partial charge in [0.25, 0.3) is 5.91 Å². The fraction of sp³-hybridized carbons (Fsp3) is 0.214. The molecule has 100 valence electrons. The molecule has 4 nitrogen and oxygen atoms in total. The van der Waals surface area contributed by atoms with Crippen LogP contribution < -0.4 is 10.5 Å². The first kappa shape index (κ1) is 13.4. The van der Waals surface area contributed by atoms with Crippen LogP contribution in [0.5, 0.6) is 5.75 Å². The molecule has 0 aliphatic rings. The van der Waals surface area contributed by atoms with Gasteiger partial charge in [0.1, 0.15) is 5.75 Å². The average Bonchev–Trinajstić information content (AvgIpc) is 2.90. The number of hydrogen-bond donors (Lipinski definition) is 1. The van der Waals surface area contributed by atoms with Crippen molar-refractivity contribution in [1.82, 2.24) is 4.90 Å². The van der Waals surface area contributed by atoms with Crippen molar-refractivity contribution >= 4 is 22.9 Å². The zero-order valence-corrected chi connectivity index (χ0v) is 11.7. The summed E-state index contributed by atoms with van der Waals surface area (Å²) in [7, 11) is 3.33. The van der Waals surface area contributed by atoms with Gasteiger partial charge in [-0.3, -0.25) is 4.79 Å². The molecule has 19 heavy (non-hydrogen) atoms. The summed E-state index contributed by atoms with van der Waals surface area (Å²) < 4.78 is 5.08. The molecular weight excluding hydrogens is 260 g/mol. The summed E-state index contributed by atoms with van der Waals surface area (Å²) in [4.78, 5) is 15.1. The standard InChI is InChI=1S/C14H16N2O2S/c1-16(9-11-4-3-7-19-11)14(17)10-5-6-13(18-2)12(15)8-10/h3-8H,9,15H2,1-2H3. The quantitative estimate of drug-likeness (QED) is 0.873. The number of amides is 1. The fourth-order valence-corrected chi connectivity index (χ4v) is 2.55. The summed E-state index contributed by atoms with van der Waals surface area (Å²) >= 11 is 1.63. The van der Waals surface area contributed by atoms with E-state index in [0.29, 0.717) is 23.5 Å². The van der Waals surface area contributed by atoms with Crippen molar-refractivity contribution in [2.24, 2.45) is 0 Å². The van der Waals surface area contributed by atoms with Gasteiger partial charge in [-0.15, -0.1) is 11.3 Å². The maximum atomic E-state index is 12.3. The van der Waals surface area contributed by atoms with Crippen LogP contribution in [0.25, 0.3) is 0 Å². The van der Waals surface area contributed by atoms with E-state index in [4.69, 9.17) is 10.5 Å². The molecule has 5 heteroatoms. The van der Waals surface area contributed by atoms with E-state index in [1.54, 1.807) is 48.6 Å². The molecule has 1 aromatic carbocycles. The Bertz CT molecular complexity index is 567. The number of ether oxygens (including phenoxy) is 1. The van der Waals surface area contributed by atoms with Crippen LogP contribution in [-0.4, -0.2) is 25.0 Å². The summed E-state index contributed by atoms with van der Waals surface area (Å²) in [6, 6.07) is 9.07. The summed E-state index contributed by atoms with van der Waals surface area (Å²) in [5, 5.41) is 2.00. The van der Waals surface area contributed by atoms with Gasteiger partial charge in [0, 0.05) is 17.5 Å². The van der Waals surface area contributed by atoms with E-state index in [1.165, 1.54) is 0 Å². The van der Waals surface area contributed by atoms with Crippen molar-refractivity contribution in [1.29, 1.82) is 0 Å². The Balaban J connectivity index is 2.12. The van der Waals surface area contributed by atoms with Crippen molar-refractivity contribution in [2.75, 3.05) is 19.9 Å². The van der Waals surface area contributed by atoms with Crippen molar-refractivity contribution in [3.05, 3.63) is 46.2 Å². The van der Waals surface area contributed by atoms with Crippen LogP contribution in [0.4, 0.5) is 5.69 Å². The van der Waals surface area contributed by atoms with Crippen LogP contribution in [0.15, 0.2) is 35.7 Å². The van der Waals surface area contributed by atoms with Crippen molar-refractivity contribution in [2.45, 2.75) is 6.54 Å². The number of benzene rings is 1. The zero-order chi connectivity index (χ0) is 13.8. The lowest BCUT2D eigenvalue weighted by molar-refractivity contribution is 0.0786. The third-order valence-electron chi connectivity index (χ3n) is 2.80. The molecule has 0 saturated carbocycles. The highest BCUT2D eigenvalue weighted by Gasteiger charge is 2.14. The van der Waals surface area contributed by atoms with Gasteiger partial charge in [0.2, 0.25) is 0 Å². The summed E-state index contributed by atoms with van der Waals surface area (Å²) in [6.07, 6.45) is 0. The van der Waals surface area contributed by atoms with Gasteiger partial charge in [-0.25, -0.2) is 0 Å². The van der Waals surface area contributed by atoms with Crippen molar-refractivity contribution in [3.63, 3.8) is 0 Å². The number of anilines is 1. The van der Waals surface area contributed by atoms with Gasteiger partial charge in [-0.1, -0.05) is 6.07 Å². The molecule has 0 spiro atoms. The second-order valence-corrected chi connectivity index (χ2v) is 5.23. The summed E-state index contributed by atoms with van der Waals surface area (Å²) in [5.74, 6) is 0.528. The molecule has 0 atom stereocenters. The van der Waals surface area contributed by atoms with E-state index < -0.39 is 0 Å². The molecule has 2 aromatic rings. The first-order valence-electron chi connectivity index (χ1n) is 5.83. The highest BCUT2D eigenvalue weighted by Crippen LogP contribution is 2.23. The third kappa shape index (κ3) is 3.06. The van der Waals surface area contributed by atoms with E-state index in [-0.39, 0.29) is 5.91 Å². The van der Waals surface area contributed by atoms with Crippen LogP contribution in [0, 0.1) is 0 Å². The Hall–Kier alpha value is -2.01. The number of thiophene rings is 1. The largest absolute Gasteiger partial charge is 0.495 e. The SMILES string of the molecule is COc1ccc(C(=O)N(C)Cc2cccs2)cc1N. The maximum Gasteiger partial charge on any atom is 0.254 e. The number of nitrogens with two attached hydrogens (primary N) is 1. The average molecular weight is 276 g/mol. The molecule has 0 radical (unpaired) electrons. The monoisotopic (exact) mass is 276 g/mol. The van der Waals surface area contributed by atoms with Crippen molar-refractivity contribution < 1.29 is 9.53 Å². The van der Waals surface area contributed by atoms with E-state index in [0.717, 1.165) is 4.88 Å². The normalized spacial score (nSPS) is 10.2. The van der Waals surface area contributed by atoms with E-state index in [9.17, 15) is 4.79 Å². The van der Waals surface area contributed by atoms with Crippen molar-refractivity contribution in [3.8, 4) is 5.75 Å². The highest BCUT2D eigenvalue weighted by atomic mass is 32.1. The maximum absolute atomic E-state index is 12.3. The Morgan fingerprint density at radius 3 is 2.79 bits per heavy atom. The lowest BCUT2D eigenvalue weighted by Crippen LogP contribution is -2.25. The molecule has 0 unspecified atom stereocenters. The minimum Gasteiger partial charge on any atom is -0.495 e. The predicted octanol–water partition coefficient (Wildman–Crippen LogP) is 2.61. The first-order chi connectivity index (χ1) is 9.11. The minimum absolute atomic E-state index is 0.0530. The Labute approximate surface area is 116 Å². The molecular formula is C14H16N2O2S. The van der Waals surface area contributed by atoms with Crippen LogP contribution in [0.2, 0.25) is 0 Å². The van der Waals surface area contributed by atoms with E-state index in [2.05, 4.69) is 0 Å². The number of hydrogen-bond acceptors (Lipinski definition) is 4. The Morgan fingerprint density at radius 2 is 2.21 bits per heavy atom. The Morgan fingerprint density at radius 1 is 1.42 bits per heavy atom. The molecule has 1 heterocycles. The number of carbonyl (C=O) groups excluding carboxylic acids is 1. The number of rotatable bonds is 4. The van der Waals surface area contributed by atoms with E-state index in [1.807, 2.05) is 17.5 Å². The highest BCUT2D eigenvalue weighted by molar-refractivity contribution is 7.09. The van der Waals surface area contributed by atoms with Crippen LogP contribution in [0.3, 0.4) is 0 Å². The number of nitrogens with zero attached hydrogens (tertiary/aromatic N) is 1. The van der Waals surface area contributed by atoms with Crippen LogP contribution in [-0.2, 0) is 6.54 Å². The van der Waals surface area contributed by atoms with E-state index >= 15 is 0 Å². The second kappa shape index (κ2) is 5.75. The molecule has 0 bridgehead atoms. The van der Waals surface area contributed by atoms with Gasteiger partial charge in [-0.05, 0) is 29.6 Å². The van der Waals surface area contributed by atoms with Crippen LogP contribution >= 0.6 is 11.3 Å². The van der Waals surface area contributed by atoms with Crippen LogP contribution in [0.1, 0.15) is 15.2 Å². The third-order valence-corrected chi connectivity index (χ3v) is 3.66. The van der Waals surface area contributed by atoms with Gasteiger partial charge < -0.3 is 15.4 Å². The molecule has 2 N–H and O–H groups in total. The number of carbonyl (C=O) groups is 1. The lowest BCUT2D eigenvalue weighted by Gasteiger charge is -2.17. The second-order valence-electron chi connectivity index (χ2n) is 4.20. The predicted molar refractivity (Wildman–Crippen MR) is 77.5 cm³/mol. The molecule has 0 aliphatic heterocycles. The summed E-state index contributed by atoms with van der Waals surface area (Å²) in [5.41, 5.74) is 6.85. The molecule has 1 amide bonds. The van der Waals surface area contributed by atoms with Gasteiger partial charge >= 0.3 is 0 Å². The molecule has 0 saturated heterocycles. The molecule has 2 rings (SSSR count). The Kier molecular flexibility index (Phi) is 4.06. The number of nitrogen functional groups attached to an aromatic ring is 1. The van der Waals surface area contributed by atoms with Gasteiger partial charge in [0.15, 0.2) is 0 Å². The van der Waals surface area contributed by atoms with Gasteiger partial charge in [-0.2, -0.15) is 0 Å². The smallest absolute Gasteiger partial charge is 0.254 e. The zero-order valence-electron chi connectivity index (χ0n) is 10.9.